The second-order valence-electron chi connectivity index (χ2n) is 6.01. The molecule has 0 aliphatic carbocycles. The van der Waals surface area contributed by atoms with E-state index in [4.69, 9.17) is 11.6 Å². The number of benzene rings is 2. The first-order valence-electron chi connectivity index (χ1n) is 8.11. The molecule has 0 bridgehead atoms. The van der Waals surface area contributed by atoms with Crippen LogP contribution in [0.2, 0.25) is 5.02 Å². The highest BCUT2D eigenvalue weighted by Crippen LogP contribution is 2.30. The summed E-state index contributed by atoms with van der Waals surface area (Å²) >= 11 is 6.10. The van der Waals surface area contributed by atoms with Gasteiger partial charge in [0.1, 0.15) is 0 Å². The van der Waals surface area contributed by atoms with Crippen LogP contribution in [0.3, 0.4) is 0 Å². The fraction of sp³-hybridized carbons (Fsp3) is 0.158. The normalized spacial score (nSPS) is 14.3. The van der Waals surface area contributed by atoms with Gasteiger partial charge in [-0.15, -0.1) is 0 Å². The van der Waals surface area contributed by atoms with Gasteiger partial charge >= 0.3 is 0 Å². The molecular formula is C19H16ClN3O2. The van der Waals surface area contributed by atoms with Crippen molar-refractivity contribution in [3.05, 3.63) is 59.2 Å². The summed E-state index contributed by atoms with van der Waals surface area (Å²) in [5.41, 5.74) is 2.67. The summed E-state index contributed by atoms with van der Waals surface area (Å²) in [4.78, 5) is 29.7. The number of carbonyl (C=O) groups is 2. The average molecular weight is 354 g/mol. The van der Waals surface area contributed by atoms with Gasteiger partial charge in [0, 0.05) is 35.1 Å². The molecule has 0 saturated carbocycles. The number of fused-ring (bicyclic) bond motifs is 1. The van der Waals surface area contributed by atoms with Crippen LogP contribution >= 0.6 is 11.6 Å². The fourth-order valence-corrected chi connectivity index (χ4v) is 3.37. The van der Waals surface area contributed by atoms with E-state index in [1.165, 1.54) is 0 Å². The van der Waals surface area contributed by atoms with Crippen molar-refractivity contribution in [3.8, 4) is 0 Å². The number of halogens is 1. The zero-order valence-electron chi connectivity index (χ0n) is 13.4. The van der Waals surface area contributed by atoms with Crippen molar-refractivity contribution in [3.63, 3.8) is 0 Å². The molecule has 3 aromatic rings. The van der Waals surface area contributed by atoms with Gasteiger partial charge < -0.3 is 15.2 Å². The Kier molecular flexibility index (Phi) is 3.93. The Hall–Kier alpha value is -2.79. The molecule has 0 spiro atoms. The van der Waals surface area contributed by atoms with Gasteiger partial charge in [-0.3, -0.25) is 9.59 Å². The number of hydrogen-bond donors (Lipinski definition) is 2. The van der Waals surface area contributed by atoms with Crippen LogP contribution in [-0.2, 0) is 4.79 Å². The molecule has 1 saturated heterocycles. The topological polar surface area (TPSA) is 65.2 Å². The summed E-state index contributed by atoms with van der Waals surface area (Å²) in [6.45, 7) is 0.604. The maximum Gasteiger partial charge on any atom is 0.257 e. The van der Waals surface area contributed by atoms with E-state index in [-0.39, 0.29) is 11.8 Å². The number of rotatable bonds is 3. The molecule has 4 rings (SSSR count). The third-order valence-electron chi connectivity index (χ3n) is 4.41. The molecule has 0 unspecified atom stereocenters. The number of hydrogen-bond acceptors (Lipinski definition) is 2. The number of aromatic amines is 1. The van der Waals surface area contributed by atoms with Crippen LogP contribution in [0.25, 0.3) is 10.9 Å². The Morgan fingerprint density at radius 1 is 1.20 bits per heavy atom. The molecule has 2 amide bonds. The van der Waals surface area contributed by atoms with E-state index in [9.17, 15) is 9.59 Å². The third-order valence-corrected chi connectivity index (χ3v) is 4.65. The highest BCUT2D eigenvalue weighted by atomic mass is 35.5. The minimum absolute atomic E-state index is 0.0176. The van der Waals surface area contributed by atoms with Gasteiger partial charge in [-0.25, -0.2) is 0 Å². The second-order valence-corrected chi connectivity index (χ2v) is 6.45. The molecule has 1 aliphatic rings. The maximum absolute atomic E-state index is 12.9. The zero-order valence-corrected chi connectivity index (χ0v) is 14.1. The molecule has 2 N–H and O–H groups in total. The summed E-state index contributed by atoms with van der Waals surface area (Å²) in [6.07, 6.45) is 3.11. The van der Waals surface area contributed by atoms with Gasteiger partial charge in [0.2, 0.25) is 5.91 Å². The number of anilines is 2. The number of amides is 2. The van der Waals surface area contributed by atoms with Gasteiger partial charge in [-0.1, -0.05) is 17.7 Å². The van der Waals surface area contributed by atoms with Crippen molar-refractivity contribution >= 4 is 45.7 Å². The standard InChI is InChI=1S/C19H16ClN3O2/c20-12-6-7-14(17(11-12)23-10-2-5-18(23)24)19(25)22-16-4-1-3-15-13(16)8-9-21-15/h1,3-4,6-9,11,21H,2,5,10H2,(H,22,25). The molecule has 0 atom stereocenters. The Balaban J connectivity index is 1.70. The lowest BCUT2D eigenvalue weighted by Crippen LogP contribution is -2.27. The molecular weight excluding hydrogens is 338 g/mol. The highest BCUT2D eigenvalue weighted by molar-refractivity contribution is 6.31. The fourth-order valence-electron chi connectivity index (χ4n) is 3.21. The summed E-state index contributed by atoms with van der Waals surface area (Å²) in [5, 5.41) is 4.38. The largest absolute Gasteiger partial charge is 0.361 e. The lowest BCUT2D eigenvalue weighted by atomic mass is 10.1. The smallest absolute Gasteiger partial charge is 0.257 e. The van der Waals surface area contributed by atoms with Crippen molar-refractivity contribution < 1.29 is 9.59 Å². The predicted octanol–water partition coefficient (Wildman–Crippen LogP) is 4.20. The van der Waals surface area contributed by atoms with E-state index in [1.54, 1.807) is 23.1 Å². The number of H-pyrrole nitrogens is 1. The Labute approximate surface area is 149 Å². The SMILES string of the molecule is O=C(Nc1cccc2[nH]ccc12)c1ccc(Cl)cc1N1CCCC1=O. The lowest BCUT2D eigenvalue weighted by molar-refractivity contribution is -0.117. The van der Waals surface area contributed by atoms with Crippen LogP contribution in [0.5, 0.6) is 0 Å². The lowest BCUT2D eigenvalue weighted by Gasteiger charge is -2.20. The second kappa shape index (κ2) is 6.26. The Morgan fingerprint density at radius 3 is 2.88 bits per heavy atom. The molecule has 126 valence electrons. The molecule has 6 heteroatoms. The van der Waals surface area contributed by atoms with E-state index < -0.39 is 0 Å². The number of carbonyl (C=O) groups excluding carboxylic acids is 2. The summed E-state index contributed by atoms with van der Waals surface area (Å²) in [5.74, 6) is -0.246. The monoisotopic (exact) mass is 353 g/mol. The predicted molar refractivity (Wildman–Crippen MR) is 99.3 cm³/mol. The van der Waals surface area contributed by atoms with Crippen molar-refractivity contribution in [2.24, 2.45) is 0 Å². The van der Waals surface area contributed by atoms with Crippen LogP contribution in [0.4, 0.5) is 11.4 Å². The van der Waals surface area contributed by atoms with E-state index in [1.807, 2.05) is 30.5 Å². The third kappa shape index (κ3) is 2.87. The van der Waals surface area contributed by atoms with Crippen molar-refractivity contribution in [2.45, 2.75) is 12.8 Å². The van der Waals surface area contributed by atoms with Crippen molar-refractivity contribution in [1.29, 1.82) is 0 Å². The molecule has 5 nitrogen and oxygen atoms in total. The molecule has 0 radical (unpaired) electrons. The summed E-state index contributed by atoms with van der Waals surface area (Å²) < 4.78 is 0. The Bertz CT molecular complexity index is 980. The van der Waals surface area contributed by atoms with Gasteiger partial charge in [-0.05, 0) is 42.8 Å². The molecule has 1 fully saturated rings. The minimum Gasteiger partial charge on any atom is -0.361 e. The van der Waals surface area contributed by atoms with E-state index in [0.717, 1.165) is 23.0 Å². The van der Waals surface area contributed by atoms with Crippen LogP contribution in [-0.4, -0.2) is 23.3 Å². The van der Waals surface area contributed by atoms with Crippen LogP contribution in [0.15, 0.2) is 48.7 Å². The van der Waals surface area contributed by atoms with Gasteiger partial charge in [0.25, 0.3) is 5.91 Å². The highest BCUT2D eigenvalue weighted by Gasteiger charge is 2.26. The first-order chi connectivity index (χ1) is 12.1. The molecule has 1 aliphatic heterocycles. The van der Waals surface area contributed by atoms with Crippen LogP contribution in [0.1, 0.15) is 23.2 Å². The summed E-state index contributed by atoms with van der Waals surface area (Å²) in [7, 11) is 0. The van der Waals surface area contributed by atoms with E-state index >= 15 is 0 Å². The Morgan fingerprint density at radius 2 is 2.08 bits per heavy atom. The number of nitrogens with one attached hydrogen (secondary N) is 2. The van der Waals surface area contributed by atoms with Gasteiger partial charge in [0.15, 0.2) is 0 Å². The first kappa shape index (κ1) is 15.7. The van der Waals surface area contributed by atoms with E-state index in [2.05, 4.69) is 10.3 Å². The number of nitrogens with zero attached hydrogens (tertiary/aromatic N) is 1. The molecule has 2 heterocycles. The van der Waals surface area contributed by atoms with Gasteiger partial charge in [0.05, 0.1) is 16.9 Å². The molecule has 1 aromatic heterocycles. The first-order valence-corrected chi connectivity index (χ1v) is 8.48. The van der Waals surface area contributed by atoms with Gasteiger partial charge in [-0.2, -0.15) is 0 Å². The van der Waals surface area contributed by atoms with Crippen molar-refractivity contribution in [2.75, 3.05) is 16.8 Å². The quantitative estimate of drug-likeness (QED) is 0.741. The average Bonchev–Trinajstić information content (AvgIpc) is 3.23. The number of aromatic nitrogens is 1. The summed E-state index contributed by atoms with van der Waals surface area (Å²) in [6, 6.07) is 12.6. The van der Waals surface area contributed by atoms with Crippen LogP contribution < -0.4 is 10.2 Å². The van der Waals surface area contributed by atoms with Crippen LogP contribution in [0, 0.1) is 0 Å². The van der Waals surface area contributed by atoms with Crippen molar-refractivity contribution in [1.82, 2.24) is 4.98 Å². The molecule has 2 aromatic carbocycles. The van der Waals surface area contributed by atoms with E-state index in [0.29, 0.717) is 29.2 Å². The molecule has 25 heavy (non-hydrogen) atoms. The minimum atomic E-state index is -0.264. The maximum atomic E-state index is 12.9. The zero-order chi connectivity index (χ0) is 17.4.